The van der Waals surface area contributed by atoms with Crippen molar-refractivity contribution in [3.05, 3.63) is 34.3 Å². The molecule has 0 aliphatic heterocycles. The van der Waals surface area contributed by atoms with Crippen LogP contribution in [0, 0.1) is 6.92 Å². The van der Waals surface area contributed by atoms with Crippen molar-refractivity contribution in [1.82, 2.24) is 0 Å². The van der Waals surface area contributed by atoms with E-state index in [2.05, 4.69) is 15.9 Å². The molecule has 1 unspecified atom stereocenters. The van der Waals surface area contributed by atoms with E-state index in [1.807, 2.05) is 32.0 Å². The van der Waals surface area contributed by atoms with Crippen molar-refractivity contribution in [2.24, 2.45) is 0 Å². The second-order valence-corrected chi connectivity index (χ2v) is 5.09. The number of aryl methyl sites for hydroxylation is 1. The van der Waals surface area contributed by atoms with Gasteiger partial charge in [0.1, 0.15) is 5.78 Å². The molecule has 1 atom stereocenters. The summed E-state index contributed by atoms with van der Waals surface area (Å²) < 4.78 is 0. The molecule has 0 aromatic heterocycles. The molecular weight excluding hydrogens is 275 g/mol. The molecule has 0 bridgehead atoms. The van der Waals surface area contributed by atoms with E-state index in [4.69, 9.17) is 11.6 Å². The van der Waals surface area contributed by atoms with Gasteiger partial charge in [0.2, 0.25) is 0 Å². The fraction of sp³-hybridized carbons (Fsp3) is 0.417. The van der Waals surface area contributed by atoms with Gasteiger partial charge in [-0.1, -0.05) is 46.6 Å². The summed E-state index contributed by atoms with van der Waals surface area (Å²) in [5, 5.41) is 0.760. The smallest absolute Gasteiger partial charge is 0.146 e. The lowest BCUT2D eigenvalue weighted by Gasteiger charge is -2.08. The van der Waals surface area contributed by atoms with Crippen LogP contribution in [0.15, 0.2) is 18.2 Å². The van der Waals surface area contributed by atoms with Crippen molar-refractivity contribution < 1.29 is 4.79 Å². The van der Waals surface area contributed by atoms with Gasteiger partial charge in [-0.2, -0.15) is 0 Å². The van der Waals surface area contributed by atoms with Gasteiger partial charge < -0.3 is 0 Å². The SMILES string of the molecule is CCC(=O)C(Br)Cc1ccc(C)c(Cl)c1. The van der Waals surface area contributed by atoms with Gasteiger partial charge >= 0.3 is 0 Å². The topological polar surface area (TPSA) is 17.1 Å². The molecule has 0 spiro atoms. The van der Waals surface area contributed by atoms with Crippen LogP contribution in [0.4, 0.5) is 0 Å². The first-order chi connectivity index (χ1) is 7.04. The van der Waals surface area contributed by atoms with Crippen LogP contribution in [0.1, 0.15) is 24.5 Å². The average Bonchev–Trinajstić information content (AvgIpc) is 2.22. The largest absolute Gasteiger partial charge is 0.298 e. The van der Waals surface area contributed by atoms with Crippen LogP contribution in [0.5, 0.6) is 0 Å². The Morgan fingerprint density at radius 2 is 2.20 bits per heavy atom. The van der Waals surface area contributed by atoms with Crippen LogP contribution in [-0.2, 0) is 11.2 Å². The monoisotopic (exact) mass is 288 g/mol. The molecule has 82 valence electrons. The third kappa shape index (κ3) is 3.62. The maximum absolute atomic E-state index is 11.4. The summed E-state index contributed by atoms with van der Waals surface area (Å²) in [6, 6.07) is 5.92. The van der Waals surface area contributed by atoms with Crippen molar-refractivity contribution in [1.29, 1.82) is 0 Å². The van der Waals surface area contributed by atoms with Gasteiger partial charge in [-0.05, 0) is 30.5 Å². The van der Waals surface area contributed by atoms with Crippen molar-refractivity contribution in [2.45, 2.75) is 31.5 Å². The second kappa shape index (κ2) is 5.66. The molecule has 0 heterocycles. The number of hydrogen-bond donors (Lipinski definition) is 0. The Morgan fingerprint density at radius 3 is 2.73 bits per heavy atom. The van der Waals surface area contributed by atoms with Crippen LogP contribution in [-0.4, -0.2) is 10.6 Å². The molecule has 3 heteroatoms. The Labute approximate surface area is 104 Å². The number of Topliss-reactive ketones (excluding diaryl/α,β-unsaturated/α-hetero) is 1. The Bertz CT molecular complexity index is 363. The Hall–Kier alpha value is -0.340. The van der Waals surface area contributed by atoms with Crippen LogP contribution >= 0.6 is 27.5 Å². The van der Waals surface area contributed by atoms with Crippen LogP contribution in [0.2, 0.25) is 5.02 Å². The summed E-state index contributed by atoms with van der Waals surface area (Å²) >= 11 is 9.40. The number of halogens is 2. The van der Waals surface area contributed by atoms with Crippen LogP contribution in [0.3, 0.4) is 0 Å². The Morgan fingerprint density at radius 1 is 1.53 bits per heavy atom. The lowest BCUT2D eigenvalue weighted by atomic mass is 10.1. The second-order valence-electron chi connectivity index (χ2n) is 3.58. The molecule has 0 aliphatic rings. The third-order valence-electron chi connectivity index (χ3n) is 2.35. The number of ketones is 1. The first kappa shape index (κ1) is 12.7. The van der Waals surface area contributed by atoms with Crippen LogP contribution in [0.25, 0.3) is 0 Å². The van der Waals surface area contributed by atoms with E-state index >= 15 is 0 Å². The molecule has 1 aromatic rings. The Balaban J connectivity index is 2.73. The van der Waals surface area contributed by atoms with E-state index in [1.54, 1.807) is 0 Å². The van der Waals surface area contributed by atoms with Crippen molar-refractivity contribution in [2.75, 3.05) is 0 Å². The number of hydrogen-bond acceptors (Lipinski definition) is 1. The number of carbonyl (C=O) groups is 1. The summed E-state index contributed by atoms with van der Waals surface area (Å²) in [4.78, 5) is 11.3. The van der Waals surface area contributed by atoms with Gasteiger partial charge in [0.25, 0.3) is 0 Å². The lowest BCUT2D eigenvalue weighted by molar-refractivity contribution is -0.118. The average molecular weight is 290 g/mol. The summed E-state index contributed by atoms with van der Waals surface area (Å²) in [6.07, 6.45) is 1.27. The summed E-state index contributed by atoms with van der Waals surface area (Å²) in [5.41, 5.74) is 2.16. The molecule has 15 heavy (non-hydrogen) atoms. The van der Waals surface area contributed by atoms with E-state index in [0.717, 1.165) is 16.1 Å². The van der Waals surface area contributed by atoms with E-state index in [0.29, 0.717) is 12.8 Å². The maximum atomic E-state index is 11.4. The van der Waals surface area contributed by atoms with Crippen LogP contribution < -0.4 is 0 Å². The number of alkyl halides is 1. The van der Waals surface area contributed by atoms with Gasteiger partial charge in [-0.3, -0.25) is 4.79 Å². The fourth-order valence-electron chi connectivity index (χ4n) is 1.31. The molecule has 0 N–H and O–H groups in total. The fourth-order valence-corrected chi connectivity index (χ4v) is 2.21. The highest BCUT2D eigenvalue weighted by molar-refractivity contribution is 9.10. The quantitative estimate of drug-likeness (QED) is 0.768. The number of carbonyl (C=O) groups excluding carboxylic acids is 1. The molecule has 0 saturated carbocycles. The van der Waals surface area contributed by atoms with Gasteiger partial charge in [-0.15, -0.1) is 0 Å². The minimum Gasteiger partial charge on any atom is -0.298 e. The van der Waals surface area contributed by atoms with Gasteiger partial charge in [0.15, 0.2) is 0 Å². The van der Waals surface area contributed by atoms with Gasteiger partial charge in [-0.25, -0.2) is 0 Å². The molecule has 1 aromatic carbocycles. The minimum absolute atomic E-state index is 0.0960. The minimum atomic E-state index is -0.0960. The van der Waals surface area contributed by atoms with E-state index in [-0.39, 0.29) is 10.6 Å². The molecule has 0 fully saturated rings. The van der Waals surface area contributed by atoms with Crippen molar-refractivity contribution in [3.63, 3.8) is 0 Å². The predicted octanol–water partition coefficient (Wildman–Crippen LogP) is 3.93. The lowest BCUT2D eigenvalue weighted by Crippen LogP contribution is -2.15. The standard InChI is InChI=1S/C12H14BrClO/c1-3-12(15)10(13)6-9-5-4-8(2)11(14)7-9/h4-5,7,10H,3,6H2,1-2H3. The van der Waals surface area contributed by atoms with Crippen molar-refractivity contribution >= 4 is 33.3 Å². The van der Waals surface area contributed by atoms with Crippen molar-refractivity contribution in [3.8, 4) is 0 Å². The maximum Gasteiger partial charge on any atom is 0.146 e. The predicted molar refractivity (Wildman–Crippen MR) is 67.9 cm³/mol. The van der Waals surface area contributed by atoms with Gasteiger partial charge in [0.05, 0.1) is 4.83 Å². The summed E-state index contributed by atoms with van der Waals surface area (Å²) in [5.74, 6) is 0.228. The zero-order chi connectivity index (χ0) is 11.4. The summed E-state index contributed by atoms with van der Waals surface area (Å²) in [7, 11) is 0. The van der Waals surface area contributed by atoms with E-state index in [9.17, 15) is 4.79 Å². The van der Waals surface area contributed by atoms with Gasteiger partial charge in [0, 0.05) is 11.4 Å². The molecular formula is C12H14BrClO. The molecule has 0 aliphatic carbocycles. The van der Waals surface area contributed by atoms with E-state index < -0.39 is 0 Å². The Kier molecular flexibility index (Phi) is 4.81. The highest BCUT2D eigenvalue weighted by Gasteiger charge is 2.13. The zero-order valence-corrected chi connectivity index (χ0v) is 11.2. The highest BCUT2D eigenvalue weighted by Crippen LogP contribution is 2.19. The molecule has 0 saturated heterocycles. The number of rotatable bonds is 4. The number of benzene rings is 1. The molecule has 1 nitrogen and oxygen atoms in total. The zero-order valence-electron chi connectivity index (χ0n) is 8.89. The normalized spacial score (nSPS) is 12.5. The molecule has 0 amide bonds. The molecule has 1 rings (SSSR count). The first-order valence-corrected chi connectivity index (χ1v) is 6.25. The third-order valence-corrected chi connectivity index (χ3v) is 3.59. The summed E-state index contributed by atoms with van der Waals surface area (Å²) in [6.45, 7) is 3.84. The highest BCUT2D eigenvalue weighted by atomic mass is 79.9. The molecule has 0 radical (unpaired) electrons. The van der Waals surface area contributed by atoms with E-state index in [1.165, 1.54) is 0 Å². The first-order valence-electron chi connectivity index (χ1n) is 4.96.